The molecule has 0 saturated heterocycles. The Morgan fingerprint density at radius 3 is 2.31 bits per heavy atom. The maximum absolute atomic E-state index is 12.5. The average Bonchev–Trinajstić information content (AvgIpc) is 3.17. The van der Waals surface area contributed by atoms with Crippen molar-refractivity contribution < 1.29 is 14.3 Å². The van der Waals surface area contributed by atoms with E-state index < -0.39 is 0 Å². The van der Waals surface area contributed by atoms with E-state index in [1.165, 1.54) is 11.3 Å². The monoisotopic (exact) mass is 366 g/mol. The van der Waals surface area contributed by atoms with Crippen molar-refractivity contribution in [1.29, 1.82) is 0 Å². The number of rotatable bonds is 5. The first-order chi connectivity index (χ1) is 12.6. The zero-order valence-corrected chi connectivity index (χ0v) is 15.2. The van der Waals surface area contributed by atoms with Gasteiger partial charge in [-0.3, -0.25) is 9.59 Å². The van der Waals surface area contributed by atoms with Crippen LogP contribution in [0.15, 0.2) is 60.0 Å². The van der Waals surface area contributed by atoms with Crippen LogP contribution >= 0.6 is 11.3 Å². The van der Waals surface area contributed by atoms with Gasteiger partial charge in [0, 0.05) is 16.9 Å². The summed E-state index contributed by atoms with van der Waals surface area (Å²) in [6.45, 7) is 1.92. The number of amides is 2. The summed E-state index contributed by atoms with van der Waals surface area (Å²) >= 11 is 1.37. The van der Waals surface area contributed by atoms with E-state index in [0.717, 1.165) is 5.56 Å². The predicted octanol–water partition coefficient (Wildman–Crippen LogP) is 4.57. The first-order valence-corrected chi connectivity index (χ1v) is 8.85. The third-order valence-electron chi connectivity index (χ3n) is 3.79. The fourth-order valence-electron chi connectivity index (χ4n) is 2.44. The summed E-state index contributed by atoms with van der Waals surface area (Å²) in [7, 11) is 1.57. The second-order valence-corrected chi connectivity index (χ2v) is 6.60. The molecule has 0 aliphatic carbocycles. The highest BCUT2D eigenvalue weighted by Gasteiger charge is 2.11. The molecule has 3 aromatic rings. The van der Waals surface area contributed by atoms with Crippen LogP contribution in [0.4, 0.5) is 11.4 Å². The minimum Gasteiger partial charge on any atom is -0.496 e. The lowest BCUT2D eigenvalue weighted by Crippen LogP contribution is -2.13. The lowest BCUT2D eigenvalue weighted by molar-refractivity contribution is 0.102. The van der Waals surface area contributed by atoms with Crippen molar-refractivity contribution in [1.82, 2.24) is 0 Å². The molecule has 1 aromatic heterocycles. The minimum atomic E-state index is -0.245. The van der Waals surface area contributed by atoms with Crippen molar-refractivity contribution >= 4 is 34.5 Å². The van der Waals surface area contributed by atoms with E-state index in [0.29, 0.717) is 27.6 Å². The van der Waals surface area contributed by atoms with Gasteiger partial charge < -0.3 is 15.4 Å². The average molecular weight is 366 g/mol. The van der Waals surface area contributed by atoms with Crippen molar-refractivity contribution in [2.45, 2.75) is 6.92 Å². The minimum absolute atomic E-state index is 0.174. The Hall–Kier alpha value is -3.12. The summed E-state index contributed by atoms with van der Waals surface area (Å²) in [4.78, 5) is 25.2. The quantitative estimate of drug-likeness (QED) is 0.695. The van der Waals surface area contributed by atoms with Gasteiger partial charge in [-0.2, -0.15) is 0 Å². The van der Waals surface area contributed by atoms with Crippen LogP contribution in [0.5, 0.6) is 5.75 Å². The Balaban J connectivity index is 1.72. The molecule has 0 saturated carbocycles. The van der Waals surface area contributed by atoms with Gasteiger partial charge in [-0.1, -0.05) is 18.2 Å². The molecule has 26 heavy (non-hydrogen) atoms. The third-order valence-corrected chi connectivity index (χ3v) is 4.66. The second kappa shape index (κ2) is 7.84. The molecule has 5 nitrogen and oxygen atoms in total. The van der Waals surface area contributed by atoms with Crippen molar-refractivity contribution in [3.63, 3.8) is 0 Å². The van der Waals surface area contributed by atoms with Gasteiger partial charge in [-0.25, -0.2) is 0 Å². The normalized spacial score (nSPS) is 10.2. The number of benzene rings is 2. The van der Waals surface area contributed by atoms with Crippen molar-refractivity contribution in [3.05, 3.63) is 76.0 Å². The van der Waals surface area contributed by atoms with Crippen molar-refractivity contribution in [3.8, 4) is 5.75 Å². The molecular weight excluding hydrogens is 348 g/mol. The van der Waals surface area contributed by atoms with Gasteiger partial charge in [0.2, 0.25) is 0 Å². The first kappa shape index (κ1) is 17.7. The molecule has 2 aromatic carbocycles. The Morgan fingerprint density at radius 2 is 1.65 bits per heavy atom. The summed E-state index contributed by atoms with van der Waals surface area (Å²) in [6, 6.07) is 15.9. The second-order valence-electron chi connectivity index (χ2n) is 5.65. The maximum atomic E-state index is 12.5. The van der Waals surface area contributed by atoms with Crippen LogP contribution in [0.2, 0.25) is 0 Å². The van der Waals surface area contributed by atoms with Crippen LogP contribution in [-0.4, -0.2) is 18.9 Å². The number of aryl methyl sites for hydroxylation is 1. The highest BCUT2D eigenvalue weighted by atomic mass is 32.1. The number of hydrogen-bond donors (Lipinski definition) is 2. The Morgan fingerprint density at radius 1 is 0.923 bits per heavy atom. The van der Waals surface area contributed by atoms with Crippen LogP contribution in [0.1, 0.15) is 25.6 Å². The third kappa shape index (κ3) is 4.10. The van der Waals surface area contributed by atoms with Gasteiger partial charge in [-0.15, -0.1) is 11.3 Å². The van der Waals surface area contributed by atoms with E-state index in [4.69, 9.17) is 4.74 Å². The molecule has 0 unspecified atom stereocenters. The van der Waals surface area contributed by atoms with Gasteiger partial charge >= 0.3 is 0 Å². The SMILES string of the molecule is COc1cc(C(=O)Nc2cccc(NC(=O)c3cccs3)c2)ccc1C. The van der Waals surface area contributed by atoms with Crippen LogP contribution in [-0.2, 0) is 0 Å². The number of ether oxygens (including phenoxy) is 1. The number of hydrogen-bond acceptors (Lipinski definition) is 4. The van der Waals surface area contributed by atoms with E-state index in [9.17, 15) is 9.59 Å². The van der Waals surface area contributed by atoms with Gasteiger partial charge in [0.15, 0.2) is 0 Å². The van der Waals surface area contributed by atoms with E-state index in [1.54, 1.807) is 49.6 Å². The molecule has 0 spiro atoms. The molecule has 0 aliphatic rings. The summed E-state index contributed by atoms with van der Waals surface area (Å²) in [5, 5.41) is 7.51. The number of carbonyl (C=O) groups excluding carboxylic acids is 2. The van der Waals surface area contributed by atoms with Gasteiger partial charge in [-0.05, 0) is 54.3 Å². The first-order valence-electron chi connectivity index (χ1n) is 7.98. The smallest absolute Gasteiger partial charge is 0.265 e. The topological polar surface area (TPSA) is 67.4 Å². The lowest BCUT2D eigenvalue weighted by atomic mass is 10.1. The summed E-state index contributed by atoms with van der Waals surface area (Å²) < 4.78 is 5.26. The Labute approximate surface area is 155 Å². The standard InChI is InChI=1S/C20H18N2O3S/c1-13-8-9-14(11-17(13)25-2)19(23)21-15-5-3-6-16(12-15)22-20(24)18-7-4-10-26-18/h3-12H,1-2H3,(H,21,23)(H,22,24). The number of methoxy groups -OCH3 is 1. The zero-order chi connectivity index (χ0) is 18.5. The number of nitrogens with one attached hydrogen (secondary N) is 2. The fraction of sp³-hybridized carbons (Fsp3) is 0.100. The largest absolute Gasteiger partial charge is 0.496 e. The highest BCUT2D eigenvalue weighted by Crippen LogP contribution is 2.21. The molecule has 6 heteroatoms. The van der Waals surface area contributed by atoms with E-state index in [-0.39, 0.29) is 11.8 Å². The molecular formula is C20H18N2O3S. The van der Waals surface area contributed by atoms with Crippen molar-refractivity contribution in [2.24, 2.45) is 0 Å². The fourth-order valence-corrected chi connectivity index (χ4v) is 3.06. The molecule has 0 radical (unpaired) electrons. The van der Waals surface area contributed by atoms with E-state index >= 15 is 0 Å². The Kier molecular flexibility index (Phi) is 5.34. The number of anilines is 2. The zero-order valence-electron chi connectivity index (χ0n) is 14.4. The molecule has 0 fully saturated rings. The molecule has 0 bridgehead atoms. The van der Waals surface area contributed by atoms with Crippen molar-refractivity contribution in [2.75, 3.05) is 17.7 Å². The summed E-state index contributed by atoms with van der Waals surface area (Å²) in [5.74, 6) is 0.242. The molecule has 132 valence electrons. The number of thiophene rings is 1. The molecule has 0 atom stereocenters. The predicted molar refractivity (Wildman–Crippen MR) is 104 cm³/mol. The van der Waals surface area contributed by atoms with Crippen LogP contribution < -0.4 is 15.4 Å². The summed E-state index contributed by atoms with van der Waals surface area (Å²) in [6.07, 6.45) is 0. The number of carbonyl (C=O) groups is 2. The molecule has 2 amide bonds. The van der Waals surface area contributed by atoms with Crippen LogP contribution in [0, 0.1) is 6.92 Å². The van der Waals surface area contributed by atoms with Crippen LogP contribution in [0.25, 0.3) is 0 Å². The van der Waals surface area contributed by atoms with Gasteiger partial charge in [0.25, 0.3) is 11.8 Å². The lowest BCUT2D eigenvalue weighted by Gasteiger charge is -2.10. The molecule has 3 rings (SSSR count). The maximum Gasteiger partial charge on any atom is 0.265 e. The highest BCUT2D eigenvalue weighted by molar-refractivity contribution is 7.12. The summed E-state index contributed by atoms with van der Waals surface area (Å²) in [5.41, 5.74) is 2.67. The van der Waals surface area contributed by atoms with Crippen LogP contribution in [0.3, 0.4) is 0 Å². The van der Waals surface area contributed by atoms with E-state index in [1.807, 2.05) is 24.4 Å². The van der Waals surface area contributed by atoms with Gasteiger partial charge in [0.1, 0.15) is 5.75 Å². The molecule has 0 aliphatic heterocycles. The Bertz CT molecular complexity index is 936. The molecule has 2 N–H and O–H groups in total. The molecule has 1 heterocycles. The van der Waals surface area contributed by atoms with E-state index in [2.05, 4.69) is 10.6 Å². The van der Waals surface area contributed by atoms with Gasteiger partial charge in [0.05, 0.1) is 12.0 Å².